The van der Waals surface area contributed by atoms with Crippen molar-refractivity contribution < 1.29 is 33.3 Å². The number of rotatable bonds is 11. The van der Waals surface area contributed by atoms with E-state index in [4.69, 9.17) is 23.7 Å². The molecule has 0 heterocycles. The molecule has 0 aromatic heterocycles. The Morgan fingerprint density at radius 1 is 0.794 bits per heavy atom. The Balaban J connectivity index is 1.48. The first-order valence-electron chi connectivity index (χ1n) is 10.6. The van der Waals surface area contributed by atoms with Crippen molar-refractivity contribution in [1.82, 2.24) is 0 Å². The van der Waals surface area contributed by atoms with Crippen LogP contribution in [0.1, 0.15) is 15.9 Å². The number of ether oxygens (including phenoxy) is 5. The topological polar surface area (TPSA) is 92.3 Å². The van der Waals surface area contributed by atoms with Gasteiger partial charge in [0.1, 0.15) is 24.7 Å². The van der Waals surface area contributed by atoms with Crippen LogP contribution in [0.3, 0.4) is 0 Å². The normalized spacial score (nSPS) is 10.2. The molecule has 3 rings (SSSR count). The average molecular weight is 466 g/mol. The Labute approximate surface area is 198 Å². The molecule has 0 fully saturated rings. The molecule has 1 N–H and O–H groups in total. The quantitative estimate of drug-likeness (QED) is 0.334. The number of esters is 1. The predicted octanol–water partition coefficient (Wildman–Crippen LogP) is 4.27. The van der Waals surface area contributed by atoms with Crippen molar-refractivity contribution in [3.63, 3.8) is 0 Å². The molecule has 1 amide bonds. The largest absolute Gasteiger partial charge is 0.497 e. The van der Waals surface area contributed by atoms with Crippen molar-refractivity contribution in [2.45, 2.75) is 6.92 Å². The van der Waals surface area contributed by atoms with Crippen LogP contribution >= 0.6 is 0 Å². The minimum absolute atomic E-state index is 0.0961. The van der Waals surface area contributed by atoms with Gasteiger partial charge in [-0.25, -0.2) is 4.79 Å². The van der Waals surface area contributed by atoms with Crippen molar-refractivity contribution in [1.29, 1.82) is 0 Å². The molecule has 0 atom stereocenters. The molecule has 8 nitrogen and oxygen atoms in total. The molecule has 0 saturated heterocycles. The number of aryl methyl sites for hydroxylation is 1. The SMILES string of the molecule is COc1ccc(NC(=O)COc2ccc(C(=O)OCCOc3cccc(C)c3)cc2OC)cc1. The van der Waals surface area contributed by atoms with E-state index in [1.54, 1.807) is 43.5 Å². The van der Waals surface area contributed by atoms with Crippen LogP contribution in [0.5, 0.6) is 23.0 Å². The third kappa shape index (κ3) is 7.16. The molecule has 0 aliphatic carbocycles. The lowest BCUT2D eigenvalue weighted by atomic mass is 10.2. The van der Waals surface area contributed by atoms with Crippen molar-refractivity contribution in [3.8, 4) is 23.0 Å². The highest BCUT2D eigenvalue weighted by atomic mass is 16.6. The lowest BCUT2D eigenvalue weighted by Crippen LogP contribution is -2.20. The maximum absolute atomic E-state index is 12.4. The lowest BCUT2D eigenvalue weighted by molar-refractivity contribution is -0.118. The van der Waals surface area contributed by atoms with Gasteiger partial charge in [-0.05, 0) is 67.1 Å². The molecule has 178 valence electrons. The number of carbonyl (C=O) groups excluding carboxylic acids is 2. The van der Waals surface area contributed by atoms with Crippen LogP contribution in [-0.4, -0.2) is 45.9 Å². The zero-order chi connectivity index (χ0) is 24.3. The summed E-state index contributed by atoms with van der Waals surface area (Å²) in [7, 11) is 3.02. The molecule has 0 unspecified atom stereocenters. The van der Waals surface area contributed by atoms with E-state index in [0.717, 1.165) is 11.3 Å². The summed E-state index contributed by atoms with van der Waals surface area (Å²) in [6.45, 7) is 2.07. The second kappa shape index (κ2) is 12.2. The van der Waals surface area contributed by atoms with Gasteiger partial charge in [0.15, 0.2) is 18.1 Å². The van der Waals surface area contributed by atoms with Gasteiger partial charge < -0.3 is 29.0 Å². The van der Waals surface area contributed by atoms with Crippen molar-refractivity contribution >= 4 is 17.6 Å². The van der Waals surface area contributed by atoms with Crippen molar-refractivity contribution in [2.75, 3.05) is 39.4 Å². The maximum Gasteiger partial charge on any atom is 0.338 e. The van der Waals surface area contributed by atoms with E-state index in [0.29, 0.717) is 28.5 Å². The Morgan fingerprint density at radius 3 is 2.29 bits per heavy atom. The Hall–Kier alpha value is -4.20. The summed E-state index contributed by atoms with van der Waals surface area (Å²) in [4.78, 5) is 24.5. The second-order valence-corrected chi connectivity index (χ2v) is 7.23. The van der Waals surface area contributed by atoms with Crippen molar-refractivity contribution in [3.05, 3.63) is 77.9 Å². The number of nitrogens with one attached hydrogen (secondary N) is 1. The fourth-order valence-corrected chi connectivity index (χ4v) is 3.01. The van der Waals surface area contributed by atoms with E-state index < -0.39 is 5.97 Å². The number of methoxy groups -OCH3 is 2. The first-order valence-corrected chi connectivity index (χ1v) is 10.6. The standard InChI is InChI=1S/C26H27NO7/c1-18-5-4-6-22(15-18)32-13-14-33-26(29)19-7-12-23(24(16-19)31-3)34-17-25(28)27-20-8-10-21(30-2)11-9-20/h4-12,15-16H,13-14,17H2,1-3H3,(H,27,28). The molecule has 0 bridgehead atoms. The van der Waals surface area contributed by atoms with Crippen LogP contribution in [0, 0.1) is 6.92 Å². The van der Waals surface area contributed by atoms with Crippen LogP contribution in [0.25, 0.3) is 0 Å². The summed E-state index contributed by atoms with van der Waals surface area (Å²) >= 11 is 0. The molecular formula is C26H27NO7. The molecule has 8 heteroatoms. The first kappa shape index (κ1) is 24.4. The molecule has 3 aromatic carbocycles. The van der Waals surface area contributed by atoms with Gasteiger partial charge in [-0.1, -0.05) is 12.1 Å². The van der Waals surface area contributed by atoms with Gasteiger partial charge in [-0.2, -0.15) is 0 Å². The van der Waals surface area contributed by atoms with E-state index in [-0.39, 0.29) is 25.7 Å². The number of hydrogen-bond acceptors (Lipinski definition) is 7. The van der Waals surface area contributed by atoms with Gasteiger partial charge >= 0.3 is 5.97 Å². The van der Waals surface area contributed by atoms with E-state index in [1.165, 1.54) is 13.2 Å². The summed E-state index contributed by atoms with van der Waals surface area (Å²) in [5.41, 5.74) is 2.00. The van der Waals surface area contributed by atoms with E-state index >= 15 is 0 Å². The zero-order valence-corrected chi connectivity index (χ0v) is 19.3. The van der Waals surface area contributed by atoms with Gasteiger partial charge in [0.25, 0.3) is 5.91 Å². The van der Waals surface area contributed by atoms with Crippen LogP contribution in [0.2, 0.25) is 0 Å². The van der Waals surface area contributed by atoms with Gasteiger partial charge in [-0.3, -0.25) is 4.79 Å². The molecule has 0 aliphatic rings. The summed E-state index contributed by atoms with van der Waals surface area (Å²) < 4.78 is 26.8. The third-order valence-corrected chi connectivity index (χ3v) is 4.71. The summed E-state index contributed by atoms with van der Waals surface area (Å²) in [6.07, 6.45) is 0. The maximum atomic E-state index is 12.4. The van der Waals surface area contributed by atoms with E-state index in [9.17, 15) is 9.59 Å². The number of anilines is 1. The fourth-order valence-electron chi connectivity index (χ4n) is 3.01. The van der Waals surface area contributed by atoms with Crippen LogP contribution in [0.4, 0.5) is 5.69 Å². The van der Waals surface area contributed by atoms with Crippen molar-refractivity contribution in [2.24, 2.45) is 0 Å². The lowest BCUT2D eigenvalue weighted by Gasteiger charge is -2.13. The predicted molar refractivity (Wildman–Crippen MR) is 127 cm³/mol. The summed E-state index contributed by atoms with van der Waals surface area (Å²) in [5, 5.41) is 2.73. The highest BCUT2D eigenvalue weighted by molar-refractivity contribution is 5.92. The molecule has 0 aliphatic heterocycles. The van der Waals surface area contributed by atoms with E-state index in [2.05, 4.69) is 5.32 Å². The third-order valence-electron chi connectivity index (χ3n) is 4.71. The minimum Gasteiger partial charge on any atom is -0.497 e. The van der Waals surface area contributed by atoms with Gasteiger partial charge in [-0.15, -0.1) is 0 Å². The molecular weight excluding hydrogens is 438 g/mol. The summed E-state index contributed by atoms with van der Waals surface area (Å²) in [5.74, 6) is 1.18. The zero-order valence-electron chi connectivity index (χ0n) is 19.3. The second-order valence-electron chi connectivity index (χ2n) is 7.23. The fraction of sp³-hybridized carbons (Fsp3) is 0.231. The number of benzene rings is 3. The molecule has 0 radical (unpaired) electrons. The molecule has 3 aromatic rings. The van der Waals surface area contributed by atoms with Crippen LogP contribution < -0.4 is 24.3 Å². The van der Waals surface area contributed by atoms with Crippen LogP contribution in [0.15, 0.2) is 66.7 Å². The minimum atomic E-state index is -0.519. The molecule has 0 spiro atoms. The van der Waals surface area contributed by atoms with E-state index in [1.807, 2.05) is 31.2 Å². The van der Waals surface area contributed by atoms with Crippen LogP contribution in [-0.2, 0) is 9.53 Å². The first-order chi connectivity index (χ1) is 16.5. The summed E-state index contributed by atoms with van der Waals surface area (Å²) in [6, 6.07) is 19.2. The average Bonchev–Trinajstić information content (AvgIpc) is 2.85. The van der Waals surface area contributed by atoms with Gasteiger partial charge in [0.05, 0.1) is 19.8 Å². The van der Waals surface area contributed by atoms with Gasteiger partial charge in [0, 0.05) is 5.69 Å². The Bertz CT molecular complexity index is 1110. The number of hydrogen-bond donors (Lipinski definition) is 1. The Morgan fingerprint density at radius 2 is 1.59 bits per heavy atom. The number of carbonyl (C=O) groups is 2. The molecule has 0 saturated carbocycles. The molecule has 34 heavy (non-hydrogen) atoms. The number of amides is 1. The monoisotopic (exact) mass is 465 g/mol. The highest BCUT2D eigenvalue weighted by Crippen LogP contribution is 2.28. The Kier molecular flexibility index (Phi) is 8.73. The smallest absolute Gasteiger partial charge is 0.338 e. The highest BCUT2D eigenvalue weighted by Gasteiger charge is 2.14. The van der Waals surface area contributed by atoms with Gasteiger partial charge in [0.2, 0.25) is 0 Å².